The number of rotatable bonds is 4. The minimum Gasteiger partial charge on any atom is -0.875 e. The Morgan fingerprint density at radius 1 is 0.714 bits per heavy atom. The van der Waals surface area contributed by atoms with E-state index in [2.05, 4.69) is 0 Å². The fourth-order valence-corrected chi connectivity index (χ4v) is 1.86. The molecule has 0 saturated heterocycles. The van der Waals surface area contributed by atoms with Crippen LogP contribution in [0.15, 0.2) is 71.3 Å². The zero-order valence-electron chi connectivity index (χ0n) is 12.6. The van der Waals surface area contributed by atoms with Crippen molar-refractivity contribution in [2.24, 2.45) is 0 Å². The largest absolute Gasteiger partial charge is 2.00 e. The van der Waals surface area contributed by atoms with Crippen LogP contribution in [-0.4, -0.2) is 0 Å². The molecular formula is C18H22FeO2. The van der Waals surface area contributed by atoms with Gasteiger partial charge in [0, 0.05) is 0 Å². The zero-order chi connectivity index (χ0) is 14.8. The van der Waals surface area contributed by atoms with Gasteiger partial charge < -0.3 is 10.2 Å². The Balaban J connectivity index is 0.000000364. The molecule has 2 aliphatic carbocycles. The van der Waals surface area contributed by atoms with Crippen molar-refractivity contribution >= 4 is 0 Å². The van der Waals surface area contributed by atoms with Gasteiger partial charge in [-0.1, -0.05) is 75.3 Å². The van der Waals surface area contributed by atoms with Gasteiger partial charge in [0.05, 0.1) is 0 Å². The van der Waals surface area contributed by atoms with Crippen molar-refractivity contribution in [2.75, 3.05) is 0 Å². The molecule has 0 atom stereocenters. The van der Waals surface area contributed by atoms with Crippen LogP contribution in [0.2, 0.25) is 0 Å². The molecule has 2 rings (SSSR count). The normalized spacial score (nSPS) is 14.0. The number of allylic oxidation sites excluding steroid dienone is 12. The molecule has 0 saturated carbocycles. The van der Waals surface area contributed by atoms with E-state index in [-0.39, 0.29) is 28.6 Å². The Hall–Kier alpha value is -1.44. The standard InChI is InChI=1S/2C9H12O.Fe/c2*1-2-5-9(10)8-6-3-4-7-8;/h2*3-4,6-7,10H,2,5H2,1H3;/q;;+2/p-2. The van der Waals surface area contributed by atoms with Gasteiger partial charge in [-0.2, -0.15) is 0 Å². The van der Waals surface area contributed by atoms with Crippen LogP contribution in [0, 0.1) is 0 Å². The summed E-state index contributed by atoms with van der Waals surface area (Å²) in [5.74, 6) is 0.514. The minimum absolute atomic E-state index is 0. The van der Waals surface area contributed by atoms with Crippen LogP contribution in [0.5, 0.6) is 0 Å². The molecule has 0 N–H and O–H groups in total. The first kappa shape index (κ1) is 19.6. The molecule has 0 radical (unpaired) electrons. The minimum atomic E-state index is 0. The first-order chi connectivity index (χ1) is 9.69. The van der Waals surface area contributed by atoms with Crippen LogP contribution in [-0.2, 0) is 17.1 Å². The maximum absolute atomic E-state index is 11.1. The molecule has 2 aliphatic rings. The third kappa shape index (κ3) is 7.21. The molecule has 0 amide bonds. The van der Waals surface area contributed by atoms with Gasteiger partial charge in [0.25, 0.3) is 0 Å². The molecule has 2 nitrogen and oxygen atoms in total. The zero-order valence-corrected chi connectivity index (χ0v) is 13.7. The summed E-state index contributed by atoms with van der Waals surface area (Å²) in [6.45, 7) is 4.03. The average molecular weight is 326 g/mol. The van der Waals surface area contributed by atoms with Gasteiger partial charge in [-0.3, -0.25) is 0 Å². The quantitative estimate of drug-likeness (QED) is 0.589. The summed E-state index contributed by atoms with van der Waals surface area (Å²) in [4.78, 5) is 0. The predicted molar refractivity (Wildman–Crippen MR) is 80.4 cm³/mol. The van der Waals surface area contributed by atoms with E-state index >= 15 is 0 Å². The molecule has 0 spiro atoms. The van der Waals surface area contributed by atoms with Gasteiger partial charge in [-0.25, -0.2) is 0 Å². The van der Waals surface area contributed by atoms with Crippen molar-refractivity contribution in [3.63, 3.8) is 0 Å². The second kappa shape index (κ2) is 11.2. The Bertz CT molecular complexity index is 417. The number of hydrogen-bond donors (Lipinski definition) is 0. The molecule has 0 bridgehead atoms. The second-order valence-corrected chi connectivity index (χ2v) is 4.69. The van der Waals surface area contributed by atoms with Gasteiger partial charge >= 0.3 is 17.1 Å². The van der Waals surface area contributed by atoms with Crippen LogP contribution >= 0.6 is 0 Å². The molecule has 0 aromatic heterocycles. The van der Waals surface area contributed by atoms with E-state index in [1.807, 2.05) is 62.5 Å². The second-order valence-electron chi connectivity index (χ2n) is 4.69. The van der Waals surface area contributed by atoms with Crippen molar-refractivity contribution in [1.82, 2.24) is 0 Å². The van der Waals surface area contributed by atoms with Gasteiger partial charge in [-0.15, -0.1) is 11.5 Å². The Morgan fingerprint density at radius 3 is 1.24 bits per heavy atom. The molecule has 0 aromatic carbocycles. The summed E-state index contributed by atoms with van der Waals surface area (Å²) in [5.41, 5.74) is 1.70. The topological polar surface area (TPSA) is 46.1 Å². The first-order valence-electron chi connectivity index (χ1n) is 7.18. The van der Waals surface area contributed by atoms with Crippen molar-refractivity contribution in [2.45, 2.75) is 39.5 Å². The third-order valence-electron chi connectivity index (χ3n) is 2.92. The molecule has 0 aromatic rings. The van der Waals surface area contributed by atoms with Crippen molar-refractivity contribution in [3.05, 3.63) is 71.3 Å². The number of hydrogen-bond acceptors (Lipinski definition) is 2. The van der Waals surface area contributed by atoms with Crippen LogP contribution in [0.25, 0.3) is 0 Å². The van der Waals surface area contributed by atoms with E-state index in [1.54, 1.807) is 0 Å². The fraction of sp³-hybridized carbons (Fsp3) is 0.333. The van der Waals surface area contributed by atoms with Gasteiger partial charge in [0.2, 0.25) is 0 Å². The van der Waals surface area contributed by atoms with Gasteiger partial charge in [-0.05, 0) is 24.0 Å². The van der Waals surface area contributed by atoms with Gasteiger partial charge in [0.15, 0.2) is 0 Å². The van der Waals surface area contributed by atoms with E-state index in [0.717, 1.165) is 24.0 Å². The summed E-state index contributed by atoms with van der Waals surface area (Å²) in [6, 6.07) is 0. The Kier molecular flexibility index (Phi) is 10.5. The molecule has 0 aliphatic heterocycles. The SMILES string of the molecule is CCCC([O-])=C1C=CC=C1.CCCC([O-])=C1C=CC=C1.[Fe+2]. The van der Waals surface area contributed by atoms with E-state index < -0.39 is 0 Å². The molecule has 0 heterocycles. The molecule has 21 heavy (non-hydrogen) atoms. The Labute approximate surface area is 138 Å². The molecular weight excluding hydrogens is 304 g/mol. The summed E-state index contributed by atoms with van der Waals surface area (Å²) in [5, 5.41) is 22.2. The van der Waals surface area contributed by atoms with Crippen LogP contribution in [0.1, 0.15) is 39.5 Å². The first-order valence-corrected chi connectivity index (χ1v) is 7.18. The average Bonchev–Trinajstić information content (AvgIpc) is 3.14. The summed E-state index contributed by atoms with van der Waals surface area (Å²) < 4.78 is 0. The third-order valence-corrected chi connectivity index (χ3v) is 2.92. The molecule has 3 heteroatoms. The van der Waals surface area contributed by atoms with Crippen LogP contribution in [0.3, 0.4) is 0 Å². The predicted octanol–water partition coefficient (Wildman–Crippen LogP) is 3.05. The molecule has 114 valence electrons. The van der Waals surface area contributed by atoms with Crippen LogP contribution < -0.4 is 10.2 Å². The van der Waals surface area contributed by atoms with E-state index in [1.165, 1.54) is 0 Å². The smallest absolute Gasteiger partial charge is 0.875 e. The monoisotopic (exact) mass is 326 g/mol. The molecule has 0 unspecified atom stereocenters. The van der Waals surface area contributed by atoms with E-state index in [9.17, 15) is 10.2 Å². The maximum atomic E-state index is 11.1. The summed E-state index contributed by atoms with van der Waals surface area (Å²) in [6.07, 6.45) is 18.2. The van der Waals surface area contributed by atoms with E-state index in [4.69, 9.17) is 0 Å². The van der Waals surface area contributed by atoms with Crippen molar-refractivity contribution in [3.8, 4) is 0 Å². The van der Waals surface area contributed by atoms with Gasteiger partial charge in [0.1, 0.15) is 0 Å². The van der Waals surface area contributed by atoms with Crippen molar-refractivity contribution in [1.29, 1.82) is 0 Å². The van der Waals surface area contributed by atoms with Crippen LogP contribution in [0.4, 0.5) is 0 Å². The molecule has 0 fully saturated rings. The summed E-state index contributed by atoms with van der Waals surface area (Å²) >= 11 is 0. The van der Waals surface area contributed by atoms with Crippen molar-refractivity contribution < 1.29 is 27.3 Å². The van der Waals surface area contributed by atoms with E-state index in [0.29, 0.717) is 12.8 Å². The maximum Gasteiger partial charge on any atom is 2.00 e. The fourth-order valence-electron chi connectivity index (χ4n) is 1.86. The Morgan fingerprint density at radius 2 is 1.00 bits per heavy atom. The summed E-state index contributed by atoms with van der Waals surface area (Å²) in [7, 11) is 0.